The zero-order valence-electron chi connectivity index (χ0n) is 10.0. The van der Waals surface area contributed by atoms with Crippen LogP contribution >= 0.6 is 15.9 Å². The SMILES string of the molecule is Cc1ccc(Nc2ccc(F)cc2CN)cc1Br. The molecule has 94 valence electrons. The second-order valence-electron chi connectivity index (χ2n) is 4.09. The van der Waals surface area contributed by atoms with Gasteiger partial charge in [0.05, 0.1) is 0 Å². The smallest absolute Gasteiger partial charge is 0.123 e. The normalized spacial score (nSPS) is 10.4. The van der Waals surface area contributed by atoms with E-state index in [1.165, 1.54) is 17.7 Å². The number of rotatable bonds is 3. The van der Waals surface area contributed by atoms with Crippen LogP contribution in [-0.4, -0.2) is 0 Å². The monoisotopic (exact) mass is 308 g/mol. The number of nitrogens with one attached hydrogen (secondary N) is 1. The Hall–Kier alpha value is -1.39. The van der Waals surface area contributed by atoms with E-state index >= 15 is 0 Å². The van der Waals surface area contributed by atoms with E-state index < -0.39 is 0 Å². The van der Waals surface area contributed by atoms with Gasteiger partial charge in [0.15, 0.2) is 0 Å². The molecule has 0 spiro atoms. The van der Waals surface area contributed by atoms with Crippen molar-refractivity contribution in [2.24, 2.45) is 5.73 Å². The highest BCUT2D eigenvalue weighted by Gasteiger charge is 2.04. The molecule has 0 saturated heterocycles. The summed E-state index contributed by atoms with van der Waals surface area (Å²) in [6, 6.07) is 10.5. The molecule has 2 aromatic rings. The molecule has 0 heterocycles. The van der Waals surface area contributed by atoms with Crippen molar-refractivity contribution in [3.63, 3.8) is 0 Å². The first kappa shape index (κ1) is 13.1. The van der Waals surface area contributed by atoms with Gasteiger partial charge in [-0.3, -0.25) is 0 Å². The summed E-state index contributed by atoms with van der Waals surface area (Å²) in [5, 5.41) is 3.24. The molecule has 0 atom stereocenters. The van der Waals surface area contributed by atoms with E-state index in [2.05, 4.69) is 21.2 Å². The van der Waals surface area contributed by atoms with Gasteiger partial charge in [0.1, 0.15) is 5.82 Å². The lowest BCUT2D eigenvalue weighted by Gasteiger charge is -2.12. The van der Waals surface area contributed by atoms with Gasteiger partial charge in [-0.25, -0.2) is 4.39 Å². The Kier molecular flexibility index (Phi) is 3.99. The van der Waals surface area contributed by atoms with Gasteiger partial charge in [-0.2, -0.15) is 0 Å². The summed E-state index contributed by atoms with van der Waals surface area (Å²) in [7, 11) is 0. The first-order chi connectivity index (χ1) is 8.60. The van der Waals surface area contributed by atoms with Crippen molar-refractivity contribution in [3.8, 4) is 0 Å². The summed E-state index contributed by atoms with van der Waals surface area (Å²) in [6.45, 7) is 2.32. The molecule has 0 saturated carbocycles. The van der Waals surface area contributed by atoms with E-state index in [4.69, 9.17) is 5.73 Å². The number of halogens is 2. The molecule has 0 aliphatic rings. The van der Waals surface area contributed by atoms with Crippen molar-refractivity contribution >= 4 is 27.3 Å². The van der Waals surface area contributed by atoms with Crippen LogP contribution in [0.5, 0.6) is 0 Å². The Morgan fingerprint density at radius 1 is 1.22 bits per heavy atom. The number of aryl methyl sites for hydroxylation is 1. The van der Waals surface area contributed by atoms with E-state index in [0.717, 1.165) is 21.4 Å². The Bertz CT molecular complexity index is 570. The van der Waals surface area contributed by atoms with Crippen molar-refractivity contribution in [1.82, 2.24) is 0 Å². The predicted molar refractivity (Wildman–Crippen MR) is 76.5 cm³/mol. The van der Waals surface area contributed by atoms with Crippen LogP contribution in [0, 0.1) is 12.7 Å². The molecule has 18 heavy (non-hydrogen) atoms. The Balaban J connectivity index is 2.30. The zero-order valence-corrected chi connectivity index (χ0v) is 11.6. The summed E-state index contributed by atoms with van der Waals surface area (Å²) in [5.74, 6) is -0.272. The number of nitrogens with two attached hydrogens (primary N) is 1. The van der Waals surface area contributed by atoms with Gasteiger partial charge in [-0.15, -0.1) is 0 Å². The lowest BCUT2D eigenvalue weighted by molar-refractivity contribution is 0.626. The molecule has 4 heteroatoms. The fourth-order valence-electron chi connectivity index (χ4n) is 1.68. The molecule has 0 aliphatic carbocycles. The number of hydrogen-bond donors (Lipinski definition) is 2. The largest absolute Gasteiger partial charge is 0.355 e. The lowest BCUT2D eigenvalue weighted by Crippen LogP contribution is -2.02. The van der Waals surface area contributed by atoms with Gasteiger partial charge in [-0.05, 0) is 48.4 Å². The predicted octanol–water partition coefficient (Wildman–Crippen LogP) is 4.10. The first-order valence-corrected chi connectivity index (χ1v) is 6.41. The molecule has 2 rings (SSSR count). The molecule has 0 amide bonds. The quantitative estimate of drug-likeness (QED) is 0.896. The minimum Gasteiger partial charge on any atom is -0.355 e. The van der Waals surface area contributed by atoms with E-state index in [1.54, 1.807) is 6.07 Å². The molecule has 3 N–H and O–H groups in total. The molecular weight excluding hydrogens is 295 g/mol. The number of benzene rings is 2. The third kappa shape index (κ3) is 2.89. The fourth-order valence-corrected chi connectivity index (χ4v) is 2.06. The summed E-state index contributed by atoms with van der Waals surface area (Å²) in [4.78, 5) is 0. The van der Waals surface area contributed by atoms with Crippen LogP contribution in [0.15, 0.2) is 40.9 Å². The fraction of sp³-hybridized carbons (Fsp3) is 0.143. The molecule has 0 unspecified atom stereocenters. The highest BCUT2D eigenvalue weighted by molar-refractivity contribution is 9.10. The second kappa shape index (κ2) is 5.50. The third-order valence-electron chi connectivity index (χ3n) is 2.74. The number of hydrogen-bond acceptors (Lipinski definition) is 2. The maximum Gasteiger partial charge on any atom is 0.123 e. The Morgan fingerprint density at radius 2 is 2.00 bits per heavy atom. The number of anilines is 2. The van der Waals surface area contributed by atoms with E-state index in [0.29, 0.717) is 6.54 Å². The highest BCUT2D eigenvalue weighted by atomic mass is 79.9. The summed E-state index contributed by atoms with van der Waals surface area (Å²) in [6.07, 6.45) is 0. The Morgan fingerprint density at radius 3 is 2.67 bits per heavy atom. The van der Waals surface area contributed by atoms with E-state index in [9.17, 15) is 4.39 Å². The zero-order chi connectivity index (χ0) is 13.1. The van der Waals surface area contributed by atoms with Gasteiger partial charge in [0.2, 0.25) is 0 Å². The van der Waals surface area contributed by atoms with Gasteiger partial charge in [0, 0.05) is 22.4 Å². The molecule has 0 radical (unpaired) electrons. The molecule has 0 bridgehead atoms. The molecule has 0 aromatic heterocycles. The van der Waals surface area contributed by atoms with Crippen molar-refractivity contribution in [3.05, 3.63) is 57.8 Å². The van der Waals surface area contributed by atoms with Crippen LogP contribution < -0.4 is 11.1 Å². The average molecular weight is 309 g/mol. The van der Waals surface area contributed by atoms with Crippen molar-refractivity contribution < 1.29 is 4.39 Å². The standard InChI is InChI=1S/C14H14BrFN2/c1-9-2-4-12(7-13(9)15)18-14-5-3-11(16)6-10(14)8-17/h2-7,18H,8,17H2,1H3. The van der Waals surface area contributed by atoms with Crippen LogP contribution in [0.4, 0.5) is 15.8 Å². The van der Waals surface area contributed by atoms with E-state index in [-0.39, 0.29) is 5.82 Å². The van der Waals surface area contributed by atoms with Crippen LogP contribution in [0.25, 0.3) is 0 Å². The van der Waals surface area contributed by atoms with Crippen molar-refractivity contribution in [2.75, 3.05) is 5.32 Å². The third-order valence-corrected chi connectivity index (χ3v) is 3.59. The molecule has 2 aromatic carbocycles. The van der Waals surface area contributed by atoms with Gasteiger partial charge in [-0.1, -0.05) is 22.0 Å². The van der Waals surface area contributed by atoms with Gasteiger partial charge in [0.25, 0.3) is 0 Å². The van der Waals surface area contributed by atoms with Crippen LogP contribution in [0.3, 0.4) is 0 Å². The lowest BCUT2D eigenvalue weighted by atomic mass is 10.1. The first-order valence-electron chi connectivity index (χ1n) is 5.62. The maximum atomic E-state index is 13.1. The van der Waals surface area contributed by atoms with Crippen LogP contribution in [0.2, 0.25) is 0 Å². The minimum absolute atomic E-state index is 0.272. The average Bonchev–Trinajstić information content (AvgIpc) is 2.36. The van der Waals surface area contributed by atoms with Gasteiger partial charge < -0.3 is 11.1 Å². The van der Waals surface area contributed by atoms with Crippen LogP contribution in [-0.2, 0) is 6.54 Å². The Labute approximate surface area is 114 Å². The minimum atomic E-state index is -0.272. The molecule has 0 fully saturated rings. The summed E-state index contributed by atoms with van der Waals surface area (Å²) >= 11 is 3.48. The van der Waals surface area contributed by atoms with Crippen molar-refractivity contribution in [1.29, 1.82) is 0 Å². The second-order valence-corrected chi connectivity index (χ2v) is 4.95. The molecule has 2 nitrogen and oxygen atoms in total. The molecule has 0 aliphatic heterocycles. The summed E-state index contributed by atoms with van der Waals surface area (Å²) in [5.41, 5.74) is 9.30. The topological polar surface area (TPSA) is 38.0 Å². The maximum absolute atomic E-state index is 13.1. The van der Waals surface area contributed by atoms with Gasteiger partial charge >= 0.3 is 0 Å². The van der Waals surface area contributed by atoms with Crippen molar-refractivity contribution in [2.45, 2.75) is 13.5 Å². The summed E-state index contributed by atoms with van der Waals surface area (Å²) < 4.78 is 14.1. The highest BCUT2D eigenvalue weighted by Crippen LogP contribution is 2.25. The van der Waals surface area contributed by atoms with E-state index in [1.807, 2.05) is 25.1 Å². The van der Waals surface area contributed by atoms with Crippen LogP contribution in [0.1, 0.15) is 11.1 Å². The molecular formula is C14H14BrFN2.